The molecule has 0 aliphatic carbocycles. The first-order chi connectivity index (χ1) is 13.3. The van der Waals surface area contributed by atoms with Gasteiger partial charge in [-0.2, -0.15) is 0 Å². The molecule has 0 aromatic heterocycles. The van der Waals surface area contributed by atoms with Gasteiger partial charge in [0, 0.05) is 9.79 Å². The predicted molar refractivity (Wildman–Crippen MR) is 107 cm³/mol. The zero-order valence-corrected chi connectivity index (χ0v) is 16.7. The van der Waals surface area contributed by atoms with Crippen LogP contribution in [0.4, 0.5) is 4.39 Å². The van der Waals surface area contributed by atoms with Crippen LogP contribution in [0.5, 0.6) is 0 Å². The van der Waals surface area contributed by atoms with E-state index in [-0.39, 0.29) is 5.82 Å². The van der Waals surface area contributed by atoms with Gasteiger partial charge < -0.3 is 15.5 Å². The highest BCUT2D eigenvalue weighted by atomic mass is 32.2. The van der Waals surface area contributed by atoms with Crippen LogP contribution >= 0.6 is 11.8 Å². The molecule has 1 fully saturated rings. The number of carbonyl (C=O) groups is 2. The number of piperidine rings is 1. The van der Waals surface area contributed by atoms with Crippen molar-refractivity contribution in [3.05, 3.63) is 58.9 Å². The third-order valence-electron chi connectivity index (χ3n) is 4.48. The number of aliphatic carboxylic acids is 2. The zero-order chi connectivity index (χ0) is 20.7. The Bertz CT molecular complexity index is 838. The fourth-order valence-electron chi connectivity index (χ4n) is 3.10. The van der Waals surface area contributed by atoms with Gasteiger partial charge >= 0.3 is 11.9 Å². The molecule has 3 N–H and O–H groups in total. The molecular formula is C21H24FNO4S. The second-order valence-electron chi connectivity index (χ2n) is 6.69. The highest BCUT2D eigenvalue weighted by molar-refractivity contribution is 7.99. The second kappa shape index (κ2) is 10.2. The number of hydrogen-bond acceptors (Lipinski definition) is 4. The fraction of sp³-hybridized carbons (Fsp3) is 0.333. The number of halogens is 1. The molecule has 3 rings (SSSR count). The van der Waals surface area contributed by atoms with Gasteiger partial charge in [0.15, 0.2) is 0 Å². The van der Waals surface area contributed by atoms with Gasteiger partial charge in [-0.05, 0) is 81.1 Å². The summed E-state index contributed by atoms with van der Waals surface area (Å²) in [6, 6.07) is 11.8. The van der Waals surface area contributed by atoms with Crippen molar-refractivity contribution in [2.75, 3.05) is 13.1 Å². The third-order valence-corrected chi connectivity index (χ3v) is 5.75. The number of carboxylic acids is 2. The van der Waals surface area contributed by atoms with Crippen LogP contribution in [0.25, 0.3) is 0 Å². The standard InChI is InChI=1S/C19H22FNS.C2H2O4/c1-13-3-5-18(14(2)11-13)22-19-6-4-16(20)12-17(19)15-7-9-21-10-8-15;3-1(4)2(5)6/h3-6,11-12,15,21H,7-10H2,1-2H3;(H,3,4)(H,5,6). The van der Waals surface area contributed by atoms with Crippen molar-refractivity contribution in [3.8, 4) is 0 Å². The Balaban J connectivity index is 0.000000409. The number of rotatable bonds is 3. The van der Waals surface area contributed by atoms with E-state index in [9.17, 15) is 4.39 Å². The first-order valence-corrected chi connectivity index (χ1v) is 9.81. The molecule has 150 valence electrons. The van der Waals surface area contributed by atoms with Crippen molar-refractivity contribution >= 4 is 23.7 Å². The summed E-state index contributed by atoms with van der Waals surface area (Å²) in [5, 5.41) is 18.2. The lowest BCUT2D eigenvalue weighted by Crippen LogP contribution is -2.26. The maximum atomic E-state index is 13.7. The molecule has 0 spiro atoms. The molecule has 2 aromatic rings. The highest BCUT2D eigenvalue weighted by Crippen LogP contribution is 2.38. The van der Waals surface area contributed by atoms with E-state index in [1.807, 2.05) is 6.07 Å². The minimum Gasteiger partial charge on any atom is -0.473 e. The van der Waals surface area contributed by atoms with Gasteiger partial charge in [0.1, 0.15) is 5.82 Å². The van der Waals surface area contributed by atoms with Crippen molar-refractivity contribution in [2.24, 2.45) is 0 Å². The first-order valence-electron chi connectivity index (χ1n) is 8.99. The Morgan fingerprint density at radius 2 is 1.61 bits per heavy atom. The maximum absolute atomic E-state index is 13.7. The van der Waals surface area contributed by atoms with E-state index in [1.165, 1.54) is 26.5 Å². The molecular weight excluding hydrogens is 381 g/mol. The SMILES string of the molecule is Cc1ccc(Sc2ccc(F)cc2C2CCNCC2)c(C)c1.O=C(O)C(=O)O. The van der Waals surface area contributed by atoms with Crippen LogP contribution in [0.15, 0.2) is 46.2 Å². The Labute approximate surface area is 168 Å². The minimum atomic E-state index is -1.82. The number of hydrogen-bond donors (Lipinski definition) is 3. The lowest BCUT2D eigenvalue weighted by atomic mass is 9.90. The molecule has 1 heterocycles. The van der Waals surface area contributed by atoms with Gasteiger partial charge in [0.2, 0.25) is 0 Å². The summed E-state index contributed by atoms with van der Waals surface area (Å²) in [5.74, 6) is -3.31. The minimum absolute atomic E-state index is 0.126. The van der Waals surface area contributed by atoms with Crippen LogP contribution in [0.1, 0.15) is 35.4 Å². The Morgan fingerprint density at radius 3 is 2.18 bits per heavy atom. The van der Waals surface area contributed by atoms with Crippen molar-refractivity contribution < 1.29 is 24.2 Å². The van der Waals surface area contributed by atoms with Crippen molar-refractivity contribution in [1.82, 2.24) is 5.32 Å². The van der Waals surface area contributed by atoms with E-state index in [1.54, 1.807) is 23.9 Å². The quantitative estimate of drug-likeness (QED) is 0.663. The van der Waals surface area contributed by atoms with E-state index in [0.29, 0.717) is 5.92 Å². The summed E-state index contributed by atoms with van der Waals surface area (Å²) in [7, 11) is 0. The maximum Gasteiger partial charge on any atom is 0.414 e. The Hall–Kier alpha value is -2.38. The number of nitrogens with one attached hydrogen (secondary N) is 1. The predicted octanol–water partition coefficient (Wildman–Crippen LogP) is 4.22. The topological polar surface area (TPSA) is 86.6 Å². The molecule has 1 aliphatic rings. The van der Waals surface area contributed by atoms with E-state index in [2.05, 4.69) is 37.4 Å². The van der Waals surface area contributed by atoms with Crippen LogP contribution in [0, 0.1) is 19.7 Å². The molecule has 5 nitrogen and oxygen atoms in total. The van der Waals surface area contributed by atoms with E-state index < -0.39 is 11.9 Å². The second-order valence-corrected chi connectivity index (χ2v) is 7.77. The average molecular weight is 405 g/mol. The summed E-state index contributed by atoms with van der Waals surface area (Å²) >= 11 is 1.76. The molecule has 2 aromatic carbocycles. The van der Waals surface area contributed by atoms with Crippen LogP contribution < -0.4 is 5.32 Å². The molecule has 7 heteroatoms. The summed E-state index contributed by atoms with van der Waals surface area (Å²) in [4.78, 5) is 20.7. The third kappa shape index (κ3) is 6.35. The number of aryl methyl sites for hydroxylation is 2. The van der Waals surface area contributed by atoms with Gasteiger partial charge in [0.05, 0.1) is 0 Å². The lowest BCUT2D eigenvalue weighted by molar-refractivity contribution is -0.159. The van der Waals surface area contributed by atoms with Gasteiger partial charge in [-0.15, -0.1) is 0 Å². The van der Waals surface area contributed by atoms with Gasteiger partial charge in [-0.25, -0.2) is 14.0 Å². The summed E-state index contributed by atoms with van der Waals surface area (Å²) in [6.45, 7) is 6.30. The first kappa shape index (κ1) is 21.9. The smallest absolute Gasteiger partial charge is 0.414 e. The number of benzene rings is 2. The average Bonchev–Trinajstić information content (AvgIpc) is 2.66. The monoisotopic (exact) mass is 405 g/mol. The van der Waals surface area contributed by atoms with Crippen LogP contribution in [-0.2, 0) is 9.59 Å². The largest absolute Gasteiger partial charge is 0.473 e. The van der Waals surface area contributed by atoms with E-state index in [0.717, 1.165) is 25.9 Å². The molecule has 0 atom stereocenters. The zero-order valence-electron chi connectivity index (χ0n) is 15.9. The van der Waals surface area contributed by atoms with Crippen LogP contribution in [-0.4, -0.2) is 35.2 Å². The van der Waals surface area contributed by atoms with Gasteiger partial charge in [0.25, 0.3) is 0 Å². The highest BCUT2D eigenvalue weighted by Gasteiger charge is 2.19. The molecule has 1 aliphatic heterocycles. The molecule has 1 saturated heterocycles. The van der Waals surface area contributed by atoms with Crippen LogP contribution in [0.2, 0.25) is 0 Å². The Morgan fingerprint density at radius 1 is 1.00 bits per heavy atom. The molecule has 0 amide bonds. The van der Waals surface area contributed by atoms with Crippen LogP contribution in [0.3, 0.4) is 0 Å². The number of carboxylic acid groups (broad SMARTS) is 2. The molecule has 0 radical (unpaired) electrons. The van der Waals surface area contributed by atoms with Gasteiger partial charge in [-0.1, -0.05) is 29.5 Å². The molecule has 0 unspecified atom stereocenters. The van der Waals surface area contributed by atoms with E-state index in [4.69, 9.17) is 19.8 Å². The van der Waals surface area contributed by atoms with Crippen molar-refractivity contribution in [3.63, 3.8) is 0 Å². The van der Waals surface area contributed by atoms with Crippen molar-refractivity contribution in [2.45, 2.75) is 42.4 Å². The summed E-state index contributed by atoms with van der Waals surface area (Å²) < 4.78 is 13.7. The molecule has 28 heavy (non-hydrogen) atoms. The molecule has 0 bridgehead atoms. The molecule has 0 saturated carbocycles. The summed E-state index contributed by atoms with van der Waals surface area (Å²) in [5.41, 5.74) is 3.73. The normalized spacial score (nSPS) is 14.1. The van der Waals surface area contributed by atoms with Gasteiger partial charge in [-0.3, -0.25) is 0 Å². The lowest BCUT2D eigenvalue weighted by Gasteiger charge is -2.25. The summed E-state index contributed by atoms with van der Waals surface area (Å²) in [6.07, 6.45) is 2.17. The van der Waals surface area contributed by atoms with Crippen molar-refractivity contribution in [1.29, 1.82) is 0 Å². The fourth-order valence-corrected chi connectivity index (χ4v) is 4.17. The van der Waals surface area contributed by atoms with E-state index >= 15 is 0 Å². The Kier molecular flexibility index (Phi) is 8.02.